The number of halogens is 3. The molecule has 0 unspecified atom stereocenters. The van der Waals surface area contributed by atoms with E-state index < -0.39 is 11.7 Å². The molecule has 2 aromatic rings. The molecule has 6 heteroatoms. The van der Waals surface area contributed by atoms with Gasteiger partial charge in [-0.3, -0.25) is 0 Å². The van der Waals surface area contributed by atoms with E-state index in [1.165, 1.54) is 29.5 Å². The van der Waals surface area contributed by atoms with Crippen LogP contribution in [0.1, 0.15) is 10.6 Å². The smallest absolute Gasteiger partial charge is 0.419 e. The molecule has 1 aromatic heterocycles. The van der Waals surface area contributed by atoms with Crippen molar-refractivity contribution in [2.45, 2.75) is 12.8 Å². The molecule has 0 aliphatic rings. The third-order valence-electron chi connectivity index (χ3n) is 2.03. The summed E-state index contributed by atoms with van der Waals surface area (Å²) < 4.78 is 43.0. The molecule has 0 saturated carbocycles. The first-order valence-corrected chi connectivity index (χ1v) is 5.63. The number of aromatic nitrogens is 1. The molecule has 0 aliphatic heterocycles. The van der Waals surface area contributed by atoms with Crippen molar-refractivity contribution in [3.8, 4) is 5.75 Å². The van der Waals surface area contributed by atoms with E-state index in [1.807, 2.05) is 0 Å². The summed E-state index contributed by atoms with van der Waals surface area (Å²) in [5.41, 5.74) is -0.767. The van der Waals surface area contributed by atoms with E-state index in [-0.39, 0.29) is 12.4 Å². The summed E-state index contributed by atoms with van der Waals surface area (Å²) in [6, 6.07) is 5.14. The number of nitrogens with zero attached hydrogens (tertiary/aromatic N) is 1. The van der Waals surface area contributed by atoms with Gasteiger partial charge < -0.3 is 4.74 Å². The maximum absolute atomic E-state index is 12.6. The molecule has 0 atom stereocenters. The third-order valence-corrected chi connectivity index (χ3v) is 2.78. The Morgan fingerprint density at radius 2 is 2.00 bits per heavy atom. The topological polar surface area (TPSA) is 22.1 Å². The highest BCUT2D eigenvalue weighted by atomic mass is 32.1. The minimum atomic E-state index is -4.40. The van der Waals surface area contributed by atoms with E-state index >= 15 is 0 Å². The number of hydrogen-bond donors (Lipinski definition) is 0. The van der Waals surface area contributed by atoms with Crippen molar-refractivity contribution in [2.24, 2.45) is 0 Å². The molecule has 0 bridgehead atoms. The van der Waals surface area contributed by atoms with Gasteiger partial charge in [-0.05, 0) is 12.1 Å². The number of benzene rings is 1. The Labute approximate surface area is 99.7 Å². The molecule has 0 spiro atoms. The maximum atomic E-state index is 12.6. The largest absolute Gasteiger partial charge is 0.486 e. The van der Waals surface area contributed by atoms with Gasteiger partial charge >= 0.3 is 6.18 Å². The van der Waals surface area contributed by atoms with E-state index in [0.29, 0.717) is 5.01 Å². The Kier molecular flexibility index (Phi) is 3.33. The zero-order valence-electron chi connectivity index (χ0n) is 8.57. The zero-order chi connectivity index (χ0) is 12.3. The van der Waals surface area contributed by atoms with Crippen LogP contribution >= 0.6 is 11.3 Å². The summed E-state index contributed by atoms with van der Waals surface area (Å²) in [5.74, 6) is -0.171. The van der Waals surface area contributed by atoms with Crippen molar-refractivity contribution < 1.29 is 17.9 Å². The fourth-order valence-electron chi connectivity index (χ4n) is 1.29. The molecule has 2 nitrogen and oxygen atoms in total. The Hall–Kier alpha value is -1.56. The van der Waals surface area contributed by atoms with Gasteiger partial charge in [0.25, 0.3) is 0 Å². The van der Waals surface area contributed by atoms with Crippen LogP contribution in [0.25, 0.3) is 0 Å². The minimum Gasteiger partial charge on any atom is -0.486 e. The minimum absolute atomic E-state index is 0.0464. The van der Waals surface area contributed by atoms with Gasteiger partial charge in [-0.15, -0.1) is 11.3 Å². The van der Waals surface area contributed by atoms with Gasteiger partial charge in [-0.25, -0.2) is 4.98 Å². The predicted molar refractivity (Wildman–Crippen MR) is 57.9 cm³/mol. The van der Waals surface area contributed by atoms with E-state index in [1.54, 1.807) is 11.6 Å². The van der Waals surface area contributed by atoms with Crippen molar-refractivity contribution >= 4 is 11.3 Å². The highest BCUT2D eigenvalue weighted by Crippen LogP contribution is 2.36. The van der Waals surface area contributed by atoms with Crippen LogP contribution in [0.5, 0.6) is 5.75 Å². The quantitative estimate of drug-likeness (QED) is 0.837. The van der Waals surface area contributed by atoms with E-state index in [4.69, 9.17) is 4.74 Å². The molecule has 1 aromatic carbocycles. The van der Waals surface area contributed by atoms with Crippen LogP contribution in [0.2, 0.25) is 0 Å². The van der Waals surface area contributed by atoms with Gasteiger partial charge in [0.05, 0.1) is 5.56 Å². The third kappa shape index (κ3) is 2.97. The van der Waals surface area contributed by atoms with Crippen LogP contribution in [0, 0.1) is 0 Å². The fraction of sp³-hybridized carbons (Fsp3) is 0.182. The van der Waals surface area contributed by atoms with Gasteiger partial charge in [-0.1, -0.05) is 12.1 Å². The monoisotopic (exact) mass is 259 g/mol. The molecule has 0 aliphatic carbocycles. The summed E-state index contributed by atoms with van der Waals surface area (Å²) in [4.78, 5) is 3.94. The van der Waals surface area contributed by atoms with Gasteiger partial charge in [-0.2, -0.15) is 13.2 Å². The number of thiazole rings is 1. The van der Waals surface area contributed by atoms with Gasteiger partial charge in [0.2, 0.25) is 0 Å². The first-order valence-electron chi connectivity index (χ1n) is 4.75. The lowest BCUT2D eigenvalue weighted by molar-refractivity contribution is -0.139. The van der Waals surface area contributed by atoms with Gasteiger partial charge in [0, 0.05) is 11.6 Å². The van der Waals surface area contributed by atoms with E-state index in [0.717, 1.165) is 6.07 Å². The van der Waals surface area contributed by atoms with Crippen molar-refractivity contribution in [3.05, 3.63) is 46.4 Å². The van der Waals surface area contributed by atoms with Crippen molar-refractivity contribution in [2.75, 3.05) is 0 Å². The van der Waals surface area contributed by atoms with Gasteiger partial charge in [0.1, 0.15) is 17.4 Å². The lowest BCUT2D eigenvalue weighted by Gasteiger charge is -2.12. The van der Waals surface area contributed by atoms with E-state index in [9.17, 15) is 13.2 Å². The molecule has 0 fully saturated rings. The average molecular weight is 259 g/mol. The Balaban J connectivity index is 2.16. The summed E-state index contributed by atoms with van der Waals surface area (Å²) in [6.45, 7) is 0.0464. The average Bonchev–Trinajstić information content (AvgIpc) is 2.78. The Bertz CT molecular complexity index is 482. The van der Waals surface area contributed by atoms with Crippen LogP contribution in [0.3, 0.4) is 0 Å². The van der Waals surface area contributed by atoms with E-state index in [2.05, 4.69) is 4.98 Å². The lowest BCUT2D eigenvalue weighted by Crippen LogP contribution is -2.08. The number of rotatable bonds is 3. The molecule has 1 heterocycles. The molecular formula is C11H8F3NOS. The van der Waals surface area contributed by atoms with Gasteiger partial charge in [0.15, 0.2) is 0 Å². The predicted octanol–water partition coefficient (Wildman–Crippen LogP) is 3.74. The van der Waals surface area contributed by atoms with Crippen molar-refractivity contribution in [1.82, 2.24) is 4.98 Å². The number of para-hydroxylation sites is 1. The molecule has 17 heavy (non-hydrogen) atoms. The number of alkyl halides is 3. The Morgan fingerprint density at radius 1 is 1.24 bits per heavy atom. The highest BCUT2D eigenvalue weighted by molar-refractivity contribution is 7.09. The van der Waals surface area contributed by atoms with Crippen LogP contribution in [0.4, 0.5) is 13.2 Å². The first kappa shape index (κ1) is 11.9. The molecule has 0 N–H and O–H groups in total. The second kappa shape index (κ2) is 4.75. The van der Waals surface area contributed by atoms with Crippen molar-refractivity contribution in [3.63, 3.8) is 0 Å². The van der Waals surface area contributed by atoms with Crippen LogP contribution in [-0.4, -0.2) is 4.98 Å². The molecule has 2 rings (SSSR count). The van der Waals surface area contributed by atoms with Crippen LogP contribution < -0.4 is 4.74 Å². The molecule has 0 amide bonds. The lowest BCUT2D eigenvalue weighted by atomic mass is 10.2. The number of hydrogen-bond acceptors (Lipinski definition) is 3. The molecular weight excluding hydrogens is 251 g/mol. The maximum Gasteiger partial charge on any atom is 0.419 e. The van der Waals surface area contributed by atoms with Crippen molar-refractivity contribution in [1.29, 1.82) is 0 Å². The summed E-state index contributed by atoms with van der Waals surface area (Å²) in [7, 11) is 0. The second-order valence-corrected chi connectivity index (χ2v) is 4.19. The first-order chi connectivity index (χ1) is 8.07. The summed E-state index contributed by atoms with van der Waals surface area (Å²) >= 11 is 1.34. The summed E-state index contributed by atoms with van der Waals surface area (Å²) in [6.07, 6.45) is -2.82. The molecule has 0 radical (unpaired) electrons. The molecule has 0 saturated heterocycles. The molecule has 90 valence electrons. The Morgan fingerprint density at radius 3 is 2.65 bits per heavy atom. The summed E-state index contributed by atoms with van der Waals surface area (Å²) in [5, 5.41) is 2.39. The van der Waals surface area contributed by atoms with Crippen LogP contribution in [0.15, 0.2) is 35.8 Å². The van der Waals surface area contributed by atoms with Crippen LogP contribution in [-0.2, 0) is 12.8 Å². The zero-order valence-corrected chi connectivity index (χ0v) is 9.39. The SMILES string of the molecule is FC(F)(F)c1ccccc1OCc1nccs1. The highest BCUT2D eigenvalue weighted by Gasteiger charge is 2.33. The fourth-order valence-corrected chi connectivity index (χ4v) is 1.82. The normalized spacial score (nSPS) is 11.5. The second-order valence-electron chi connectivity index (χ2n) is 3.21. The number of ether oxygens (including phenoxy) is 1. The standard InChI is InChI=1S/C11H8F3NOS/c12-11(13,14)8-3-1-2-4-9(8)16-7-10-15-5-6-17-10/h1-6H,7H2.